The van der Waals surface area contributed by atoms with E-state index >= 15 is 0 Å². The number of carbonyl (C=O) groups is 3. The Bertz CT molecular complexity index is 1330. The van der Waals surface area contributed by atoms with Crippen LogP contribution < -0.4 is 14.8 Å². The summed E-state index contributed by atoms with van der Waals surface area (Å²) < 4.78 is 17.5. The lowest BCUT2D eigenvalue weighted by atomic mass is 9.95. The fraction of sp³-hybridized carbons (Fsp3) is 0.559. The van der Waals surface area contributed by atoms with Crippen molar-refractivity contribution in [1.29, 1.82) is 0 Å². The molecule has 0 saturated carbocycles. The van der Waals surface area contributed by atoms with Crippen molar-refractivity contribution in [1.82, 2.24) is 4.90 Å². The third-order valence-corrected chi connectivity index (χ3v) is 14.4. The summed E-state index contributed by atoms with van der Waals surface area (Å²) in [7, 11) is -0.434. The highest BCUT2D eigenvalue weighted by atomic mass is 28.3. The van der Waals surface area contributed by atoms with Crippen molar-refractivity contribution in [2.45, 2.75) is 95.5 Å². The van der Waals surface area contributed by atoms with Crippen LogP contribution in [0.3, 0.4) is 0 Å². The van der Waals surface area contributed by atoms with Gasteiger partial charge < -0.3 is 24.2 Å². The number of esters is 1. The van der Waals surface area contributed by atoms with Crippen molar-refractivity contribution < 1.29 is 33.7 Å². The van der Waals surface area contributed by atoms with Crippen molar-refractivity contribution >= 4 is 36.7 Å². The van der Waals surface area contributed by atoms with Gasteiger partial charge in [0, 0.05) is 19.2 Å². The monoisotopic (exact) mass is 622 g/mol. The fourth-order valence-corrected chi connectivity index (χ4v) is 11.7. The van der Waals surface area contributed by atoms with Gasteiger partial charge in [-0.3, -0.25) is 19.3 Å². The van der Waals surface area contributed by atoms with Gasteiger partial charge in [0.1, 0.15) is 5.75 Å². The highest BCUT2D eigenvalue weighted by Crippen LogP contribution is 2.47. The number of ether oxygens (including phenoxy) is 3. The van der Waals surface area contributed by atoms with Crippen molar-refractivity contribution in [2.24, 2.45) is 5.92 Å². The molecular formula is C34H46N2O7Si. The van der Waals surface area contributed by atoms with Crippen molar-refractivity contribution in [3.8, 4) is 5.75 Å². The number of carbonyl (C=O) groups excluding carboxylic acids is 3. The van der Waals surface area contributed by atoms with Gasteiger partial charge in [-0.1, -0.05) is 49.5 Å². The van der Waals surface area contributed by atoms with Crippen LogP contribution in [-0.2, 0) is 30.3 Å². The molecule has 9 nitrogen and oxygen atoms in total. The molecule has 3 aliphatic heterocycles. The largest absolute Gasteiger partial charge is 0.497 e. The van der Waals surface area contributed by atoms with Gasteiger partial charge in [-0.2, -0.15) is 0 Å². The number of hydrogen-bond donors (Lipinski definition) is 1. The predicted molar refractivity (Wildman–Crippen MR) is 171 cm³/mol. The number of likely N-dealkylation sites (tertiary alicyclic amines) is 1. The lowest BCUT2D eigenvalue weighted by molar-refractivity contribution is -0.154. The normalized spacial score (nSPS) is 26.9. The van der Waals surface area contributed by atoms with Crippen LogP contribution in [-0.4, -0.2) is 80.6 Å². The molecule has 1 N–H and O–H groups in total. The van der Waals surface area contributed by atoms with Crippen LogP contribution in [0, 0.1) is 5.92 Å². The Morgan fingerprint density at radius 1 is 1.07 bits per heavy atom. The van der Waals surface area contributed by atoms with E-state index in [-0.39, 0.29) is 54.6 Å². The first kappa shape index (κ1) is 32.2. The molecular weight excluding hydrogens is 576 g/mol. The highest BCUT2D eigenvalue weighted by Gasteiger charge is 2.51. The number of anilines is 1. The molecule has 10 heteroatoms. The molecule has 1 unspecified atom stereocenters. The van der Waals surface area contributed by atoms with E-state index in [1.54, 1.807) is 7.11 Å². The molecule has 0 aromatic heterocycles. The zero-order chi connectivity index (χ0) is 31.6. The van der Waals surface area contributed by atoms with E-state index in [1.807, 2.05) is 41.3 Å². The maximum atomic E-state index is 13.6. The number of amides is 2. The molecule has 0 radical (unpaired) electrons. The van der Waals surface area contributed by atoms with Crippen LogP contribution in [0.5, 0.6) is 5.75 Å². The summed E-state index contributed by atoms with van der Waals surface area (Å²) in [5, 5.41) is 11.2. The SMILES string of the molecule is COc1ccc([Si](C)(C)[C@@H]2[C@@H](C)[C@@H](CCc3ccc(N4C(=O)CC4OC(C)=O)cc3)O[C@H]2CC(=O)N2CCC[C@H]2CO)cc1. The lowest BCUT2D eigenvalue weighted by Gasteiger charge is -2.39. The van der Waals surface area contributed by atoms with Crippen molar-refractivity contribution in [2.75, 3.05) is 25.2 Å². The third-order valence-electron chi connectivity index (χ3n) is 9.99. The maximum Gasteiger partial charge on any atom is 0.304 e. The molecule has 2 aromatic carbocycles. The van der Waals surface area contributed by atoms with Gasteiger partial charge in [0.15, 0.2) is 6.23 Å². The summed E-state index contributed by atoms with van der Waals surface area (Å²) in [6.45, 7) is 9.08. The average molecular weight is 623 g/mol. The maximum absolute atomic E-state index is 13.6. The Kier molecular flexibility index (Phi) is 9.82. The molecule has 0 bridgehead atoms. The van der Waals surface area contributed by atoms with Crippen LogP contribution >= 0.6 is 0 Å². The first-order valence-corrected chi connectivity index (χ1v) is 18.9. The number of aryl methyl sites for hydroxylation is 1. The number of hydrogen-bond acceptors (Lipinski definition) is 7. The first-order chi connectivity index (χ1) is 21.0. The van der Waals surface area contributed by atoms with E-state index in [0.717, 1.165) is 42.7 Å². The number of β-lactam (4-membered cyclic amide) rings is 1. The Balaban J connectivity index is 1.30. The number of nitrogens with zero attached hydrogens (tertiary/aromatic N) is 2. The molecule has 238 valence electrons. The molecule has 3 saturated heterocycles. The summed E-state index contributed by atoms with van der Waals surface area (Å²) in [6.07, 6.45) is 3.19. The van der Waals surface area contributed by atoms with Crippen molar-refractivity contribution in [3.05, 3.63) is 54.1 Å². The Hall–Kier alpha value is -3.21. The molecule has 3 aliphatic rings. The minimum absolute atomic E-state index is 0.0000218. The molecule has 3 heterocycles. The second kappa shape index (κ2) is 13.4. The minimum Gasteiger partial charge on any atom is -0.497 e. The minimum atomic E-state index is -2.11. The molecule has 2 aromatic rings. The van der Waals surface area contributed by atoms with Crippen LogP contribution in [0.15, 0.2) is 48.5 Å². The standard InChI is InChI=1S/C34H46N2O7Si/c1-22-29(17-10-24-8-11-25(12-9-24)36-32(40)20-33(36)42-23(2)38)43-30(19-31(39)35-18-6-7-26(35)21-37)34(22)44(4,5)28-15-13-27(41-3)14-16-28/h8-9,11-16,22,26,29-30,33-34,37H,6-7,10,17-21H2,1-5H3/t22-,26-,29+,30-,33?,34+/m0/s1. The van der Waals surface area contributed by atoms with Crippen LogP contribution in [0.4, 0.5) is 5.69 Å². The van der Waals surface area contributed by atoms with E-state index in [4.69, 9.17) is 14.2 Å². The Labute approximate surface area is 261 Å². The summed E-state index contributed by atoms with van der Waals surface area (Å²) >= 11 is 0. The van der Waals surface area contributed by atoms with Crippen LogP contribution in [0.1, 0.15) is 51.5 Å². The zero-order valence-electron chi connectivity index (χ0n) is 26.5. The summed E-state index contributed by atoms with van der Waals surface area (Å²) in [4.78, 5) is 40.5. The molecule has 6 atom stereocenters. The molecule has 3 fully saturated rings. The molecule has 2 amide bonds. The second-order valence-electron chi connectivity index (χ2n) is 13.1. The van der Waals surface area contributed by atoms with Crippen LogP contribution in [0.2, 0.25) is 18.6 Å². The lowest BCUT2D eigenvalue weighted by Crippen LogP contribution is -2.54. The number of rotatable bonds is 11. The van der Waals surface area contributed by atoms with Gasteiger partial charge in [-0.25, -0.2) is 0 Å². The van der Waals surface area contributed by atoms with Crippen molar-refractivity contribution in [3.63, 3.8) is 0 Å². The molecule has 44 heavy (non-hydrogen) atoms. The third kappa shape index (κ3) is 6.57. The zero-order valence-corrected chi connectivity index (χ0v) is 27.5. The quantitative estimate of drug-likeness (QED) is 0.229. The van der Waals surface area contributed by atoms with E-state index in [0.29, 0.717) is 13.0 Å². The Morgan fingerprint density at radius 3 is 2.39 bits per heavy atom. The molecule has 0 aliphatic carbocycles. The van der Waals surface area contributed by atoms with E-state index in [2.05, 4.69) is 32.2 Å². The number of aliphatic hydroxyl groups excluding tert-OH is 1. The topological polar surface area (TPSA) is 106 Å². The number of aliphatic hydroxyl groups is 1. The second-order valence-corrected chi connectivity index (χ2v) is 17.7. The summed E-state index contributed by atoms with van der Waals surface area (Å²) in [5.74, 6) is 0.694. The van der Waals surface area contributed by atoms with Crippen LogP contribution in [0.25, 0.3) is 0 Å². The first-order valence-electron chi connectivity index (χ1n) is 15.8. The predicted octanol–water partition coefficient (Wildman–Crippen LogP) is 4.02. The van der Waals surface area contributed by atoms with Gasteiger partial charge in [0.05, 0.1) is 52.9 Å². The van der Waals surface area contributed by atoms with E-state index in [9.17, 15) is 19.5 Å². The van der Waals surface area contributed by atoms with Gasteiger partial charge in [0.2, 0.25) is 11.8 Å². The summed E-state index contributed by atoms with van der Waals surface area (Å²) in [6, 6.07) is 16.1. The van der Waals surface area contributed by atoms with Gasteiger partial charge in [-0.15, -0.1) is 0 Å². The molecule has 0 spiro atoms. The Morgan fingerprint density at radius 2 is 1.77 bits per heavy atom. The smallest absolute Gasteiger partial charge is 0.304 e. The number of methoxy groups -OCH3 is 1. The fourth-order valence-electron chi connectivity index (χ4n) is 7.60. The highest BCUT2D eigenvalue weighted by molar-refractivity contribution is 6.91. The van der Waals surface area contributed by atoms with Gasteiger partial charge >= 0.3 is 5.97 Å². The number of benzene rings is 2. The van der Waals surface area contributed by atoms with E-state index < -0.39 is 20.3 Å². The van der Waals surface area contributed by atoms with Gasteiger partial charge in [-0.05, 0) is 67.0 Å². The molecule has 5 rings (SSSR count). The van der Waals surface area contributed by atoms with E-state index in [1.165, 1.54) is 17.0 Å². The van der Waals surface area contributed by atoms with Gasteiger partial charge in [0.25, 0.3) is 0 Å². The summed E-state index contributed by atoms with van der Waals surface area (Å²) in [5.41, 5.74) is 2.08. The average Bonchev–Trinajstić information content (AvgIpc) is 3.60.